The Bertz CT molecular complexity index is 1500. The fourth-order valence-electron chi connectivity index (χ4n) is 3.94. The summed E-state index contributed by atoms with van der Waals surface area (Å²) >= 11 is 0. The minimum absolute atomic E-state index is 0.0573. The Labute approximate surface area is 232 Å². The Morgan fingerprint density at radius 3 is 1.15 bits per heavy atom. The molecule has 0 bridgehead atoms. The SMILES string of the molecule is O=C(Cc1ccc(OP(=O)(O)Oc2ccc(CC(=O)c3c(O)cc(O)cc3O)cc2)cc1)c1c(O)cc(O)cc1O. The van der Waals surface area contributed by atoms with Crippen LogP contribution in [0.4, 0.5) is 0 Å². The van der Waals surface area contributed by atoms with E-state index in [0.717, 1.165) is 24.3 Å². The highest BCUT2D eigenvalue weighted by molar-refractivity contribution is 7.48. The number of carbonyl (C=O) groups excluding carboxylic acids is 2. The lowest BCUT2D eigenvalue weighted by atomic mass is 10.0. The van der Waals surface area contributed by atoms with Crippen LogP contribution in [0.15, 0.2) is 72.8 Å². The van der Waals surface area contributed by atoms with Gasteiger partial charge < -0.3 is 39.7 Å². The fraction of sp³-hybridized carbons (Fsp3) is 0.0714. The second-order valence-corrected chi connectivity index (χ2v) is 10.2. The number of phosphoric ester groups is 1. The number of benzene rings is 4. The molecule has 4 aromatic carbocycles. The van der Waals surface area contributed by atoms with Crippen LogP contribution in [0.3, 0.4) is 0 Å². The number of aromatic hydroxyl groups is 6. The van der Waals surface area contributed by atoms with Gasteiger partial charge in [0.25, 0.3) is 0 Å². The minimum Gasteiger partial charge on any atom is -0.508 e. The third kappa shape index (κ3) is 7.07. The number of phenols is 6. The van der Waals surface area contributed by atoms with E-state index in [0.29, 0.717) is 11.1 Å². The molecule has 0 radical (unpaired) electrons. The zero-order valence-electron chi connectivity index (χ0n) is 21.0. The Morgan fingerprint density at radius 2 is 0.854 bits per heavy atom. The van der Waals surface area contributed by atoms with E-state index in [-0.39, 0.29) is 35.5 Å². The van der Waals surface area contributed by atoms with E-state index in [9.17, 15) is 49.7 Å². The first-order valence-electron chi connectivity index (χ1n) is 11.8. The fourth-order valence-corrected chi connectivity index (χ4v) is 4.75. The number of rotatable bonds is 10. The van der Waals surface area contributed by atoms with Crippen LogP contribution in [0.25, 0.3) is 0 Å². The van der Waals surface area contributed by atoms with Crippen LogP contribution in [-0.2, 0) is 17.4 Å². The molecule has 7 N–H and O–H groups in total. The molecule has 0 aliphatic heterocycles. The third-order valence-electron chi connectivity index (χ3n) is 5.74. The number of carbonyl (C=O) groups is 2. The largest absolute Gasteiger partial charge is 0.584 e. The summed E-state index contributed by atoms with van der Waals surface area (Å²) in [7, 11) is -4.67. The van der Waals surface area contributed by atoms with Crippen molar-refractivity contribution in [1.29, 1.82) is 0 Å². The average Bonchev–Trinajstić information content (AvgIpc) is 2.85. The van der Waals surface area contributed by atoms with Gasteiger partial charge >= 0.3 is 7.82 Å². The third-order valence-corrected chi connectivity index (χ3v) is 6.62. The minimum atomic E-state index is -4.67. The molecule has 0 fully saturated rings. The molecule has 0 saturated heterocycles. The summed E-state index contributed by atoms with van der Waals surface area (Å²) in [4.78, 5) is 35.2. The maximum Gasteiger partial charge on any atom is 0.584 e. The number of hydrogen-bond acceptors (Lipinski definition) is 11. The van der Waals surface area contributed by atoms with Gasteiger partial charge in [-0.2, -0.15) is 0 Å². The van der Waals surface area contributed by atoms with Gasteiger partial charge in [-0.3, -0.25) is 14.5 Å². The van der Waals surface area contributed by atoms with E-state index in [1.807, 2.05) is 0 Å². The molecule has 212 valence electrons. The van der Waals surface area contributed by atoms with Gasteiger partial charge in [0.1, 0.15) is 57.1 Å². The summed E-state index contributed by atoms with van der Waals surface area (Å²) in [6.07, 6.45) is -0.472. The maximum atomic E-state index is 12.5. The van der Waals surface area contributed by atoms with E-state index in [1.165, 1.54) is 48.5 Å². The van der Waals surface area contributed by atoms with E-state index in [4.69, 9.17) is 9.05 Å². The molecule has 0 unspecified atom stereocenters. The first-order valence-corrected chi connectivity index (χ1v) is 13.3. The zero-order valence-corrected chi connectivity index (χ0v) is 21.9. The van der Waals surface area contributed by atoms with E-state index < -0.39 is 53.9 Å². The number of phenolic OH excluding ortho intramolecular Hbond substituents is 6. The van der Waals surface area contributed by atoms with E-state index in [2.05, 4.69) is 0 Å². The van der Waals surface area contributed by atoms with E-state index in [1.54, 1.807) is 0 Å². The van der Waals surface area contributed by atoms with Gasteiger partial charge in [-0.25, -0.2) is 4.57 Å². The monoisotopic (exact) mass is 582 g/mol. The number of Topliss-reactive ketones (excluding diaryl/α,β-unsaturated/α-hetero) is 2. The molecule has 0 saturated carbocycles. The highest BCUT2D eigenvalue weighted by atomic mass is 31.2. The van der Waals surface area contributed by atoms with Crippen molar-refractivity contribution in [1.82, 2.24) is 0 Å². The smallest absolute Gasteiger partial charge is 0.508 e. The summed E-state index contributed by atoms with van der Waals surface area (Å²) in [5, 5.41) is 58.2. The lowest BCUT2D eigenvalue weighted by Gasteiger charge is -2.14. The Kier molecular flexibility index (Phi) is 8.08. The summed E-state index contributed by atoms with van der Waals surface area (Å²) < 4.78 is 22.6. The van der Waals surface area contributed by atoms with Crippen LogP contribution < -0.4 is 9.05 Å². The Balaban J connectivity index is 1.36. The van der Waals surface area contributed by atoms with Gasteiger partial charge in [-0.15, -0.1) is 0 Å². The summed E-state index contributed by atoms with van der Waals surface area (Å²) in [5.74, 6) is -4.53. The van der Waals surface area contributed by atoms with Crippen LogP contribution in [-0.4, -0.2) is 47.1 Å². The van der Waals surface area contributed by atoms with Gasteiger partial charge in [-0.1, -0.05) is 24.3 Å². The molecule has 41 heavy (non-hydrogen) atoms. The number of phosphoric acid groups is 1. The van der Waals surface area contributed by atoms with Crippen molar-refractivity contribution in [2.75, 3.05) is 0 Å². The molecule has 0 heterocycles. The Hall–Kier alpha value is -5.19. The topological polar surface area (TPSA) is 211 Å². The van der Waals surface area contributed by atoms with Gasteiger partial charge in [0, 0.05) is 37.1 Å². The second-order valence-electron chi connectivity index (χ2n) is 8.86. The lowest BCUT2D eigenvalue weighted by molar-refractivity contribution is 0.0978. The lowest BCUT2D eigenvalue weighted by Crippen LogP contribution is -2.05. The summed E-state index contributed by atoms with van der Waals surface area (Å²) in [6, 6.07) is 14.7. The molecule has 0 aromatic heterocycles. The van der Waals surface area contributed by atoms with Crippen molar-refractivity contribution >= 4 is 19.4 Å². The first kappa shape index (κ1) is 28.8. The zero-order chi connectivity index (χ0) is 29.9. The van der Waals surface area contributed by atoms with Crippen molar-refractivity contribution in [3.8, 4) is 46.0 Å². The Morgan fingerprint density at radius 1 is 0.561 bits per heavy atom. The summed E-state index contributed by atoms with van der Waals surface area (Å²) in [5.41, 5.74) is 0.149. The molecular weight excluding hydrogens is 559 g/mol. The average molecular weight is 582 g/mol. The second kappa shape index (κ2) is 11.5. The highest BCUT2D eigenvalue weighted by Crippen LogP contribution is 2.44. The normalized spacial score (nSPS) is 11.1. The van der Waals surface area contributed by atoms with Crippen molar-refractivity contribution in [2.45, 2.75) is 12.8 Å². The van der Waals surface area contributed by atoms with Gasteiger partial charge in [0.15, 0.2) is 11.6 Å². The van der Waals surface area contributed by atoms with Gasteiger partial charge in [0.2, 0.25) is 0 Å². The van der Waals surface area contributed by atoms with Crippen LogP contribution in [0, 0.1) is 0 Å². The predicted octanol–water partition coefficient (Wildman–Crippen LogP) is 4.33. The molecule has 13 heteroatoms. The molecule has 4 aromatic rings. The standard InChI is InChI=1S/C28H23O12P/c29-17-11-23(33)27(24(34)12-17)21(31)9-15-1-5-19(6-2-15)39-41(37,38)40-20-7-3-16(4-8-20)10-22(32)28-25(35)13-18(30)14-26(28)36/h1-8,11-14,29-30,33-36H,9-10H2,(H,37,38). The van der Waals surface area contributed by atoms with Crippen molar-refractivity contribution < 1.29 is 58.7 Å². The van der Waals surface area contributed by atoms with E-state index >= 15 is 0 Å². The van der Waals surface area contributed by atoms with Crippen molar-refractivity contribution in [2.24, 2.45) is 0 Å². The molecule has 0 spiro atoms. The molecule has 0 atom stereocenters. The van der Waals surface area contributed by atoms with Gasteiger partial charge in [-0.05, 0) is 35.4 Å². The molecule has 0 aliphatic carbocycles. The van der Waals surface area contributed by atoms with Crippen molar-refractivity contribution in [3.05, 3.63) is 95.1 Å². The van der Waals surface area contributed by atoms with Crippen LogP contribution in [0.1, 0.15) is 31.8 Å². The van der Waals surface area contributed by atoms with Crippen LogP contribution in [0.5, 0.6) is 46.0 Å². The molecule has 0 aliphatic rings. The van der Waals surface area contributed by atoms with Crippen molar-refractivity contribution in [3.63, 3.8) is 0 Å². The predicted molar refractivity (Wildman–Crippen MR) is 143 cm³/mol. The van der Waals surface area contributed by atoms with Crippen LogP contribution in [0.2, 0.25) is 0 Å². The highest BCUT2D eigenvalue weighted by Gasteiger charge is 2.26. The molecule has 4 rings (SSSR count). The quantitative estimate of drug-likeness (QED) is 0.103. The molecule has 12 nitrogen and oxygen atoms in total. The van der Waals surface area contributed by atoms with Crippen LogP contribution >= 0.6 is 7.82 Å². The summed E-state index contributed by atoms with van der Waals surface area (Å²) in [6.45, 7) is 0. The number of hydrogen-bond donors (Lipinski definition) is 7. The first-order chi connectivity index (χ1) is 19.3. The van der Waals surface area contributed by atoms with Gasteiger partial charge in [0.05, 0.1) is 0 Å². The number of ketones is 2. The molecule has 0 amide bonds. The maximum absolute atomic E-state index is 12.5. The molecular formula is C28H23O12P.